The normalized spacial score (nSPS) is 22.9. The first-order valence-electron chi connectivity index (χ1n) is 7.99. The largest absolute Gasteiger partial charge is 0.352 e. The Hall–Kier alpha value is -1.49. The Balaban J connectivity index is 1.98. The Bertz CT molecular complexity index is 650. The molecule has 24 heavy (non-hydrogen) atoms. The van der Waals surface area contributed by atoms with Gasteiger partial charge in [0.2, 0.25) is 5.91 Å². The van der Waals surface area contributed by atoms with Gasteiger partial charge in [-0.2, -0.15) is 0 Å². The summed E-state index contributed by atoms with van der Waals surface area (Å²) in [6.07, 6.45) is 4.55. The Kier molecular flexibility index (Phi) is 5.97. The van der Waals surface area contributed by atoms with Crippen LogP contribution in [-0.4, -0.2) is 18.4 Å². The van der Waals surface area contributed by atoms with Gasteiger partial charge < -0.3 is 5.32 Å². The van der Waals surface area contributed by atoms with Crippen LogP contribution in [0, 0.1) is 11.8 Å². The van der Waals surface area contributed by atoms with Gasteiger partial charge in [0, 0.05) is 17.1 Å². The average molecular weight is 398 g/mol. The van der Waals surface area contributed by atoms with Crippen LogP contribution >= 0.6 is 15.9 Å². The Morgan fingerprint density at radius 2 is 1.96 bits per heavy atom. The van der Waals surface area contributed by atoms with Crippen LogP contribution in [0.25, 0.3) is 0 Å². The summed E-state index contributed by atoms with van der Waals surface area (Å²) in [5.74, 6) is -4.16. The molecule has 1 amide bonds. The Labute approximate surface area is 150 Å². The second-order valence-corrected chi connectivity index (χ2v) is 7.53. The van der Waals surface area contributed by atoms with E-state index >= 15 is 0 Å². The van der Waals surface area contributed by atoms with E-state index < -0.39 is 17.8 Å². The van der Waals surface area contributed by atoms with Crippen LogP contribution in [0.4, 0.5) is 8.78 Å². The van der Waals surface area contributed by atoms with Crippen LogP contribution in [0.1, 0.15) is 32.3 Å². The van der Waals surface area contributed by atoms with Crippen molar-refractivity contribution in [2.75, 3.05) is 6.54 Å². The number of allylic oxidation sites excluding steroid dienone is 3. The summed E-state index contributed by atoms with van der Waals surface area (Å²) in [6.45, 7) is 6.35. The molecule has 0 bridgehead atoms. The smallest absolute Gasteiger partial charge is 0.262 e. The van der Waals surface area contributed by atoms with Gasteiger partial charge in [-0.05, 0) is 36.1 Å². The van der Waals surface area contributed by atoms with Gasteiger partial charge in [-0.15, -0.1) is 0 Å². The molecule has 5 heteroatoms. The fourth-order valence-electron chi connectivity index (χ4n) is 2.56. The molecule has 0 aromatic heterocycles. The molecule has 1 aromatic carbocycles. The molecule has 1 aliphatic rings. The molecule has 1 N–H and O–H groups in total. The molecule has 1 fully saturated rings. The predicted molar refractivity (Wildman–Crippen MR) is 96.1 cm³/mol. The van der Waals surface area contributed by atoms with E-state index in [0.29, 0.717) is 23.6 Å². The van der Waals surface area contributed by atoms with Gasteiger partial charge in [-0.3, -0.25) is 4.79 Å². The molecule has 1 aliphatic carbocycles. The third-order valence-electron chi connectivity index (χ3n) is 3.95. The van der Waals surface area contributed by atoms with Crippen molar-refractivity contribution in [1.82, 2.24) is 5.32 Å². The topological polar surface area (TPSA) is 29.1 Å². The van der Waals surface area contributed by atoms with E-state index in [1.165, 1.54) is 12.2 Å². The maximum absolute atomic E-state index is 14.0. The average Bonchev–Trinajstić information content (AvgIpc) is 3.05. The molecule has 0 heterocycles. The van der Waals surface area contributed by atoms with Gasteiger partial charge in [-0.1, -0.05) is 54.1 Å². The molecule has 1 aromatic rings. The molecular formula is C19H22BrF2NO. The fourth-order valence-corrected chi connectivity index (χ4v) is 2.82. The second kappa shape index (κ2) is 7.60. The summed E-state index contributed by atoms with van der Waals surface area (Å²) >= 11 is 3.31. The van der Waals surface area contributed by atoms with Crippen molar-refractivity contribution < 1.29 is 13.6 Å². The lowest BCUT2D eigenvalue weighted by Crippen LogP contribution is -2.25. The van der Waals surface area contributed by atoms with Crippen LogP contribution < -0.4 is 5.32 Å². The summed E-state index contributed by atoms with van der Waals surface area (Å²) in [7, 11) is 0. The minimum atomic E-state index is -2.73. The summed E-state index contributed by atoms with van der Waals surface area (Å²) in [5, 5.41) is 2.77. The lowest BCUT2D eigenvalue weighted by Gasteiger charge is -2.04. The Morgan fingerprint density at radius 3 is 2.54 bits per heavy atom. The summed E-state index contributed by atoms with van der Waals surface area (Å²) in [4.78, 5) is 11.7. The van der Waals surface area contributed by atoms with Crippen molar-refractivity contribution in [3.8, 4) is 0 Å². The van der Waals surface area contributed by atoms with Gasteiger partial charge in [0.15, 0.2) is 0 Å². The standard InChI is InChI=1S/C19H22BrF2NO/c1-12(2)11-23-17(24)10-13(3)4-9-16-18(19(16,21)22)14-5-7-15(20)8-6-14/h4-10,12,16,18H,11H2,1-3H3,(H,23,24). The number of alkyl halides is 2. The highest BCUT2D eigenvalue weighted by Gasteiger charge is 2.67. The summed E-state index contributed by atoms with van der Waals surface area (Å²) in [5.41, 5.74) is 1.29. The lowest BCUT2D eigenvalue weighted by atomic mass is 10.1. The van der Waals surface area contributed by atoms with Crippen molar-refractivity contribution in [2.24, 2.45) is 11.8 Å². The molecule has 0 saturated heterocycles. The number of nitrogens with one attached hydrogen (secondary N) is 1. The quantitative estimate of drug-likeness (QED) is 0.526. The van der Waals surface area contributed by atoms with E-state index in [2.05, 4.69) is 21.2 Å². The number of halogens is 3. The predicted octanol–water partition coefficient (Wildman–Crippen LogP) is 5.07. The monoisotopic (exact) mass is 397 g/mol. The molecule has 0 aliphatic heterocycles. The SMILES string of the molecule is CC(C=CC1C(c2ccc(Br)cc2)C1(F)F)=CC(=O)NCC(C)C. The van der Waals surface area contributed by atoms with Crippen LogP contribution in [0.15, 0.2) is 52.5 Å². The zero-order valence-corrected chi connectivity index (χ0v) is 15.6. The van der Waals surface area contributed by atoms with Crippen molar-refractivity contribution >= 4 is 21.8 Å². The first-order valence-corrected chi connectivity index (χ1v) is 8.78. The van der Waals surface area contributed by atoms with Crippen LogP contribution in [0.3, 0.4) is 0 Å². The van der Waals surface area contributed by atoms with Gasteiger partial charge in [-0.25, -0.2) is 8.78 Å². The number of benzene rings is 1. The van der Waals surface area contributed by atoms with E-state index in [1.807, 2.05) is 13.8 Å². The number of hydrogen-bond acceptors (Lipinski definition) is 1. The molecule has 2 nitrogen and oxygen atoms in total. The molecule has 2 atom stereocenters. The third kappa shape index (κ3) is 4.76. The minimum absolute atomic E-state index is 0.196. The van der Waals surface area contributed by atoms with E-state index in [1.54, 1.807) is 37.3 Å². The highest BCUT2D eigenvalue weighted by molar-refractivity contribution is 9.10. The van der Waals surface area contributed by atoms with Gasteiger partial charge >= 0.3 is 0 Å². The highest BCUT2D eigenvalue weighted by atomic mass is 79.9. The highest BCUT2D eigenvalue weighted by Crippen LogP contribution is 2.62. The van der Waals surface area contributed by atoms with Crippen molar-refractivity contribution in [3.63, 3.8) is 0 Å². The van der Waals surface area contributed by atoms with Crippen LogP contribution in [0.5, 0.6) is 0 Å². The zero-order valence-electron chi connectivity index (χ0n) is 14.0. The van der Waals surface area contributed by atoms with Gasteiger partial charge in [0.25, 0.3) is 5.92 Å². The van der Waals surface area contributed by atoms with E-state index in [0.717, 1.165) is 4.47 Å². The van der Waals surface area contributed by atoms with Gasteiger partial charge in [0.05, 0.1) is 11.8 Å². The number of hydrogen-bond donors (Lipinski definition) is 1. The fraction of sp³-hybridized carbons (Fsp3) is 0.421. The minimum Gasteiger partial charge on any atom is -0.352 e. The molecular weight excluding hydrogens is 376 g/mol. The van der Waals surface area contributed by atoms with Crippen molar-refractivity contribution in [2.45, 2.75) is 32.6 Å². The Morgan fingerprint density at radius 1 is 1.33 bits per heavy atom. The van der Waals surface area contributed by atoms with Crippen LogP contribution in [-0.2, 0) is 4.79 Å². The third-order valence-corrected chi connectivity index (χ3v) is 4.48. The molecule has 0 radical (unpaired) electrons. The van der Waals surface area contributed by atoms with Crippen LogP contribution in [0.2, 0.25) is 0 Å². The van der Waals surface area contributed by atoms with E-state index in [9.17, 15) is 13.6 Å². The second-order valence-electron chi connectivity index (χ2n) is 6.62. The van der Waals surface area contributed by atoms with Crippen molar-refractivity contribution in [3.05, 3.63) is 58.1 Å². The number of rotatable bonds is 6. The molecule has 2 unspecified atom stereocenters. The number of carbonyl (C=O) groups is 1. The number of carbonyl (C=O) groups excluding carboxylic acids is 1. The van der Waals surface area contributed by atoms with Gasteiger partial charge in [0.1, 0.15) is 0 Å². The van der Waals surface area contributed by atoms with Crippen molar-refractivity contribution in [1.29, 1.82) is 0 Å². The first kappa shape index (κ1) is 18.8. The van der Waals surface area contributed by atoms with E-state index in [4.69, 9.17) is 0 Å². The molecule has 130 valence electrons. The summed E-state index contributed by atoms with van der Waals surface area (Å²) < 4.78 is 28.9. The molecule has 0 spiro atoms. The lowest BCUT2D eigenvalue weighted by molar-refractivity contribution is -0.116. The maximum Gasteiger partial charge on any atom is 0.262 e. The first-order chi connectivity index (χ1) is 11.2. The maximum atomic E-state index is 14.0. The zero-order chi connectivity index (χ0) is 17.9. The molecule has 1 saturated carbocycles. The molecule has 2 rings (SSSR count). The summed E-state index contributed by atoms with van der Waals surface area (Å²) in [6, 6.07) is 6.99. The number of amides is 1. The van der Waals surface area contributed by atoms with E-state index in [-0.39, 0.29) is 5.91 Å².